The first-order valence-electron chi connectivity index (χ1n) is 5.83. The van der Waals surface area contributed by atoms with Crippen LogP contribution in [0.5, 0.6) is 0 Å². The average Bonchev–Trinajstić information content (AvgIpc) is 2.81. The molecule has 0 bridgehead atoms. The van der Waals surface area contributed by atoms with Crippen molar-refractivity contribution < 1.29 is 9.63 Å². The van der Waals surface area contributed by atoms with E-state index in [9.17, 15) is 4.79 Å². The molecule has 0 saturated heterocycles. The predicted octanol–water partition coefficient (Wildman–Crippen LogP) is 1.88. The summed E-state index contributed by atoms with van der Waals surface area (Å²) in [4.78, 5) is 16.8. The molecule has 4 nitrogen and oxygen atoms in total. The third kappa shape index (κ3) is 4.16. The Hall–Kier alpha value is -1.33. The zero-order valence-corrected chi connectivity index (χ0v) is 11.4. The molecular weight excluding hydrogens is 296 g/mol. The summed E-state index contributed by atoms with van der Waals surface area (Å²) in [6, 6.07) is 9.98. The van der Waals surface area contributed by atoms with E-state index in [0.29, 0.717) is 13.0 Å². The molecular formula is C13H15BrN2O2. The number of benzene rings is 1. The van der Waals surface area contributed by atoms with Gasteiger partial charge in [0, 0.05) is 6.42 Å². The van der Waals surface area contributed by atoms with E-state index in [2.05, 4.69) is 26.7 Å². The second-order valence-corrected chi connectivity index (χ2v) is 4.92. The summed E-state index contributed by atoms with van der Waals surface area (Å²) in [5.74, 6) is 0.0406. The van der Waals surface area contributed by atoms with Crippen molar-refractivity contribution >= 4 is 21.8 Å². The molecule has 1 unspecified atom stereocenters. The van der Waals surface area contributed by atoms with Crippen LogP contribution in [0.1, 0.15) is 12.0 Å². The molecule has 0 aliphatic carbocycles. The van der Waals surface area contributed by atoms with Gasteiger partial charge in [0.25, 0.3) is 0 Å². The Bertz CT molecular complexity index is 434. The second kappa shape index (κ2) is 6.56. The number of carbonyl (C=O) groups is 1. The lowest BCUT2D eigenvalue weighted by molar-refractivity contribution is -0.121. The highest BCUT2D eigenvalue weighted by molar-refractivity contribution is 9.11. The molecule has 1 aromatic carbocycles. The first kappa shape index (κ1) is 13.1. The van der Waals surface area contributed by atoms with E-state index in [0.717, 1.165) is 11.0 Å². The first-order valence-corrected chi connectivity index (χ1v) is 6.63. The topological polar surface area (TPSA) is 50.4 Å². The molecule has 1 aliphatic rings. The molecule has 1 heterocycles. The fourth-order valence-corrected chi connectivity index (χ4v) is 2.06. The maximum atomic E-state index is 11.6. The summed E-state index contributed by atoms with van der Waals surface area (Å²) >= 11 is 3.26. The van der Waals surface area contributed by atoms with Gasteiger partial charge in [-0.05, 0) is 34.0 Å². The maximum absolute atomic E-state index is 11.6. The molecule has 18 heavy (non-hydrogen) atoms. The Balaban J connectivity index is 1.67. The van der Waals surface area contributed by atoms with Crippen molar-refractivity contribution in [2.75, 3.05) is 6.54 Å². The molecule has 0 saturated carbocycles. The van der Waals surface area contributed by atoms with Crippen LogP contribution in [-0.2, 0) is 16.1 Å². The number of rotatable bonds is 5. The number of hydrogen-bond donors (Lipinski definition) is 2. The molecule has 1 atom stereocenters. The zero-order chi connectivity index (χ0) is 12.8. The number of hydroxylamine groups is 1. The summed E-state index contributed by atoms with van der Waals surface area (Å²) in [5, 5.41) is 2.85. The van der Waals surface area contributed by atoms with Crippen molar-refractivity contribution in [1.29, 1.82) is 0 Å². The standard InChI is InChI=1S/C13H15BrN2O2/c14-12-8-11(18-16-12)9-15-13(17)7-6-10-4-2-1-3-5-10/h1-5,8,11,16H,6-7,9H2,(H,15,17). The highest BCUT2D eigenvalue weighted by atomic mass is 79.9. The van der Waals surface area contributed by atoms with Gasteiger partial charge in [-0.3, -0.25) is 15.1 Å². The van der Waals surface area contributed by atoms with Gasteiger partial charge >= 0.3 is 0 Å². The third-order valence-corrected chi connectivity index (χ3v) is 3.05. The van der Waals surface area contributed by atoms with Gasteiger partial charge in [-0.2, -0.15) is 0 Å². The van der Waals surface area contributed by atoms with Crippen molar-refractivity contribution in [3.05, 3.63) is 46.6 Å². The zero-order valence-electron chi connectivity index (χ0n) is 9.86. The predicted molar refractivity (Wildman–Crippen MR) is 72.8 cm³/mol. The van der Waals surface area contributed by atoms with Crippen LogP contribution in [0.25, 0.3) is 0 Å². The summed E-state index contributed by atoms with van der Waals surface area (Å²) in [6.07, 6.45) is 3.02. The monoisotopic (exact) mass is 310 g/mol. The van der Waals surface area contributed by atoms with Gasteiger partial charge in [0.1, 0.15) is 10.7 Å². The Labute approximate surface area is 114 Å². The quantitative estimate of drug-likeness (QED) is 0.816. The maximum Gasteiger partial charge on any atom is 0.220 e. The molecule has 96 valence electrons. The van der Waals surface area contributed by atoms with E-state index < -0.39 is 0 Å². The van der Waals surface area contributed by atoms with E-state index >= 15 is 0 Å². The van der Waals surface area contributed by atoms with E-state index in [1.54, 1.807) is 0 Å². The molecule has 5 heteroatoms. The molecule has 0 fully saturated rings. The highest BCUT2D eigenvalue weighted by Crippen LogP contribution is 2.11. The summed E-state index contributed by atoms with van der Waals surface area (Å²) in [6.45, 7) is 0.482. The van der Waals surface area contributed by atoms with Crippen LogP contribution in [0.3, 0.4) is 0 Å². The Morgan fingerprint density at radius 1 is 1.39 bits per heavy atom. The minimum Gasteiger partial charge on any atom is -0.353 e. The number of carbonyl (C=O) groups excluding carboxylic acids is 1. The van der Waals surface area contributed by atoms with Gasteiger partial charge in [0.15, 0.2) is 0 Å². The van der Waals surface area contributed by atoms with E-state index in [1.807, 2.05) is 36.4 Å². The van der Waals surface area contributed by atoms with Crippen molar-refractivity contribution in [3.8, 4) is 0 Å². The number of halogens is 1. The molecule has 0 spiro atoms. The Morgan fingerprint density at radius 3 is 2.83 bits per heavy atom. The van der Waals surface area contributed by atoms with Crippen LogP contribution in [0.2, 0.25) is 0 Å². The van der Waals surface area contributed by atoms with Crippen LogP contribution in [-0.4, -0.2) is 18.6 Å². The molecule has 1 amide bonds. The lowest BCUT2D eigenvalue weighted by Crippen LogP contribution is -2.32. The molecule has 2 N–H and O–H groups in total. The van der Waals surface area contributed by atoms with Gasteiger partial charge in [-0.1, -0.05) is 30.3 Å². The largest absolute Gasteiger partial charge is 0.353 e. The minimum atomic E-state index is -0.111. The molecule has 1 aliphatic heterocycles. The van der Waals surface area contributed by atoms with E-state index in [-0.39, 0.29) is 12.0 Å². The molecule has 1 aromatic rings. The van der Waals surface area contributed by atoms with Crippen LogP contribution >= 0.6 is 15.9 Å². The lowest BCUT2D eigenvalue weighted by Gasteiger charge is -2.09. The van der Waals surface area contributed by atoms with E-state index in [4.69, 9.17) is 4.84 Å². The smallest absolute Gasteiger partial charge is 0.220 e. The van der Waals surface area contributed by atoms with Crippen LogP contribution in [0.15, 0.2) is 41.0 Å². The normalized spacial score (nSPS) is 18.1. The fraction of sp³-hybridized carbons (Fsp3) is 0.308. The summed E-state index contributed by atoms with van der Waals surface area (Å²) in [7, 11) is 0. The second-order valence-electron chi connectivity index (χ2n) is 4.06. The summed E-state index contributed by atoms with van der Waals surface area (Å²) in [5.41, 5.74) is 3.85. The fourth-order valence-electron chi connectivity index (χ4n) is 1.67. The first-order chi connectivity index (χ1) is 8.74. The average molecular weight is 311 g/mol. The highest BCUT2D eigenvalue weighted by Gasteiger charge is 2.15. The van der Waals surface area contributed by atoms with Crippen LogP contribution in [0.4, 0.5) is 0 Å². The van der Waals surface area contributed by atoms with Crippen LogP contribution in [0, 0.1) is 0 Å². The number of hydrogen-bond acceptors (Lipinski definition) is 3. The van der Waals surface area contributed by atoms with E-state index in [1.165, 1.54) is 5.56 Å². The molecule has 2 rings (SSSR count). The van der Waals surface area contributed by atoms with Crippen molar-refractivity contribution in [2.45, 2.75) is 18.9 Å². The summed E-state index contributed by atoms with van der Waals surface area (Å²) < 4.78 is 0.797. The van der Waals surface area contributed by atoms with Gasteiger partial charge in [0.05, 0.1) is 6.54 Å². The lowest BCUT2D eigenvalue weighted by atomic mass is 10.1. The van der Waals surface area contributed by atoms with Gasteiger partial charge in [0.2, 0.25) is 5.91 Å². The Morgan fingerprint density at radius 2 is 2.17 bits per heavy atom. The van der Waals surface area contributed by atoms with Crippen LogP contribution < -0.4 is 10.8 Å². The molecule has 0 aromatic heterocycles. The third-order valence-electron chi connectivity index (χ3n) is 2.62. The SMILES string of the molecule is O=C(CCc1ccccc1)NCC1C=C(Br)NO1. The van der Waals surface area contributed by atoms with Gasteiger partial charge in [-0.25, -0.2) is 0 Å². The van der Waals surface area contributed by atoms with Gasteiger partial charge in [-0.15, -0.1) is 0 Å². The number of aryl methyl sites for hydroxylation is 1. The van der Waals surface area contributed by atoms with Crippen molar-refractivity contribution in [3.63, 3.8) is 0 Å². The Kier molecular flexibility index (Phi) is 4.78. The molecule has 0 radical (unpaired) electrons. The van der Waals surface area contributed by atoms with Gasteiger partial charge < -0.3 is 5.32 Å². The van der Waals surface area contributed by atoms with Crippen molar-refractivity contribution in [1.82, 2.24) is 10.8 Å². The van der Waals surface area contributed by atoms with Crippen molar-refractivity contribution in [2.24, 2.45) is 0 Å². The number of amides is 1. The minimum absolute atomic E-state index is 0.0406. The number of nitrogens with one attached hydrogen (secondary N) is 2.